The Bertz CT molecular complexity index is 935. The maximum atomic E-state index is 12.9. The highest BCUT2D eigenvalue weighted by Crippen LogP contribution is 2.47. The van der Waals surface area contributed by atoms with Crippen LogP contribution >= 0.6 is 23.2 Å². The van der Waals surface area contributed by atoms with Crippen molar-refractivity contribution in [2.75, 3.05) is 0 Å². The molecule has 5 amide bonds. The summed E-state index contributed by atoms with van der Waals surface area (Å²) in [6.45, 7) is 0. The van der Waals surface area contributed by atoms with Gasteiger partial charge in [-0.3, -0.25) is 24.6 Å². The Morgan fingerprint density at radius 2 is 2.00 bits per heavy atom. The molecule has 0 unspecified atom stereocenters. The Labute approximate surface area is 176 Å². The number of carbonyl (C=O) groups is 4. The molecule has 2 N–H and O–H groups in total. The number of amides is 5. The average molecular weight is 437 g/mol. The number of halogens is 2. The van der Waals surface area contributed by atoms with Crippen LogP contribution in [-0.2, 0) is 9.59 Å². The average Bonchev–Trinajstić information content (AvgIpc) is 3.27. The van der Waals surface area contributed by atoms with Gasteiger partial charge in [-0.05, 0) is 49.3 Å². The van der Waals surface area contributed by atoms with E-state index in [1.165, 1.54) is 23.1 Å². The van der Waals surface area contributed by atoms with Crippen LogP contribution in [0.2, 0.25) is 10.0 Å². The molecule has 3 aliphatic rings. The third-order valence-electron chi connectivity index (χ3n) is 5.83. The number of urea groups is 1. The van der Waals surface area contributed by atoms with E-state index in [1.54, 1.807) is 0 Å². The van der Waals surface area contributed by atoms with E-state index in [0.29, 0.717) is 10.9 Å². The van der Waals surface area contributed by atoms with E-state index in [9.17, 15) is 19.2 Å². The van der Waals surface area contributed by atoms with Crippen molar-refractivity contribution in [3.8, 4) is 0 Å². The molecule has 1 saturated heterocycles. The van der Waals surface area contributed by atoms with Gasteiger partial charge in [-0.1, -0.05) is 29.6 Å². The second kappa shape index (κ2) is 7.76. The lowest BCUT2D eigenvalue weighted by molar-refractivity contribution is -0.141. The summed E-state index contributed by atoms with van der Waals surface area (Å²) in [4.78, 5) is 50.7. The summed E-state index contributed by atoms with van der Waals surface area (Å²) >= 11 is 11.8. The van der Waals surface area contributed by atoms with Crippen molar-refractivity contribution in [3.05, 3.63) is 33.8 Å². The molecule has 4 rings (SSSR count). The van der Waals surface area contributed by atoms with Gasteiger partial charge in [0.05, 0.1) is 10.6 Å². The van der Waals surface area contributed by atoms with Gasteiger partial charge < -0.3 is 0 Å². The molecule has 1 aromatic carbocycles. The van der Waals surface area contributed by atoms with E-state index in [0.717, 1.165) is 31.9 Å². The highest BCUT2D eigenvalue weighted by atomic mass is 35.5. The molecule has 2 aliphatic carbocycles. The Morgan fingerprint density at radius 3 is 2.66 bits per heavy atom. The van der Waals surface area contributed by atoms with E-state index in [1.807, 2.05) is 0 Å². The fraction of sp³-hybridized carbons (Fsp3) is 0.421. The first kappa shape index (κ1) is 19.8. The second-order valence-electron chi connectivity index (χ2n) is 7.57. The number of hydrazone groups is 1. The number of benzene rings is 1. The minimum absolute atomic E-state index is 0.143. The van der Waals surface area contributed by atoms with E-state index in [4.69, 9.17) is 23.2 Å². The van der Waals surface area contributed by atoms with Crippen molar-refractivity contribution >= 4 is 53.2 Å². The monoisotopic (exact) mass is 436 g/mol. The van der Waals surface area contributed by atoms with Gasteiger partial charge >= 0.3 is 6.03 Å². The summed E-state index contributed by atoms with van der Waals surface area (Å²) < 4.78 is 0. The zero-order valence-electron chi connectivity index (χ0n) is 15.2. The molecule has 1 aromatic rings. The van der Waals surface area contributed by atoms with Crippen molar-refractivity contribution < 1.29 is 19.2 Å². The fourth-order valence-electron chi connectivity index (χ4n) is 4.48. The summed E-state index contributed by atoms with van der Waals surface area (Å²) in [6, 6.07) is 3.48. The minimum Gasteiger partial charge on any atom is -0.277 e. The maximum absolute atomic E-state index is 12.9. The zero-order chi connectivity index (χ0) is 20.7. The van der Waals surface area contributed by atoms with Crippen molar-refractivity contribution in [3.63, 3.8) is 0 Å². The van der Waals surface area contributed by atoms with Crippen LogP contribution in [0, 0.1) is 17.8 Å². The Kier molecular flexibility index (Phi) is 5.31. The number of imide groups is 2. The van der Waals surface area contributed by atoms with Crippen molar-refractivity contribution in [1.29, 1.82) is 0 Å². The smallest absolute Gasteiger partial charge is 0.277 e. The zero-order valence-corrected chi connectivity index (χ0v) is 16.7. The summed E-state index contributed by atoms with van der Waals surface area (Å²) in [5.41, 5.74) is 2.38. The predicted octanol–water partition coefficient (Wildman–Crippen LogP) is 2.59. The van der Waals surface area contributed by atoms with Gasteiger partial charge in [-0.25, -0.2) is 10.2 Å². The number of nitrogens with zero attached hydrogens (tertiary/aromatic N) is 2. The number of fused-ring (bicyclic) bond motifs is 2. The molecular weight excluding hydrogens is 419 g/mol. The second-order valence-corrected chi connectivity index (χ2v) is 8.41. The number of hydrogen-bond donors (Lipinski definition) is 2. The highest BCUT2D eigenvalue weighted by molar-refractivity contribution is 6.36. The molecule has 4 atom stereocenters. The third-order valence-corrected chi connectivity index (χ3v) is 6.38. The quantitative estimate of drug-likeness (QED) is 0.429. The molecule has 1 aliphatic heterocycles. The van der Waals surface area contributed by atoms with Gasteiger partial charge in [0.2, 0.25) is 11.8 Å². The molecule has 0 radical (unpaired) electrons. The molecule has 2 bridgehead atoms. The van der Waals surface area contributed by atoms with Gasteiger partial charge in [-0.2, -0.15) is 5.10 Å². The summed E-state index contributed by atoms with van der Waals surface area (Å²) in [7, 11) is 0. The van der Waals surface area contributed by atoms with Crippen LogP contribution in [0.1, 0.15) is 36.0 Å². The SMILES string of the molecule is O=C(N/N=C\[C@H]1C(=O)NC(=O)N([C@H]2C[C@H]3CC[C@H]2C3)C1=O)c1ccc(Cl)cc1Cl. The summed E-state index contributed by atoms with van der Waals surface area (Å²) in [5, 5.41) is 6.48. The molecule has 10 heteroatoms. The van der Waals surface area contributed by atoms with E-state index >= 15 is 0 Å². The lowest BCUT2D eigenvalue weighted by Crippen LogP contribution is -2.62. The lowest BCUT2D eigenvalue weighted by atomic mass is 9.92. The molecule has 8 nitrogen and oxygen atoms in total. The van der Waals surface area contributed by atoms with Crippen LogP contribution in [0.15, 0.2) is 23.3 Å². The van der Waals surface area contributed by atoms with Gasteiger partial charge in [0.25, 0.3) is 5.91 Å². The van der Waals surface area contributed by atoms with Gasteiger partial charge in [0.1, 0.15) is 0 Å². The Morgan fingerprint density at radius 1 is 1.21 bits per heavy atom. The predicted molar refractivity (Wildman–Crippen MR) is 106 cm³/mol. The Balaban J connectivity index is 1.45. The third kappa shape index (κ3) is 3.74. The fourth-order valence-corrected chi connectivity index (χ4v) is 4.98. The van der Waals surface area contributed by atoms with Crippen LogP contribution in [0.25, 0.3) is 0 Å². The summed E-state index contributed by atoms with van der Waals surface area (Å²) in [6.07, 6.45) is 4.91. The molecule has 152 valence electrons. The molecule has 3 fully saturated rings. The van der Waals surface area contributed by atoms with E-state index in [-0.39, 0.29) is 22.5 Å². The van der Waals surface area contributed by atoms with Gasteiger partial charge in [-0.15, -0.1) is 0 Å². The molecule has 2 saturated carbocycles. The van der Waals surface area contributed by atoms with Crippen molar-refractivity contribution in [2.45, 2.75) is 31.7 Å². The molecule has 0 spiro atoms. The van der Waals surface area contributed by atoms with Crippen LogP contribution < -0.4 is 10.7 Å². The molecular formula is C19H18Cl2N4O4. The summed E-state index contributed by atoms with van der Waals surface area (Å²) in [5.74, 6) is -2.47. The normalized spacial score (nSPS) is 28.9. The minimum atomic E-state index is -1.28. The maximum Gasteiger partial charge on any atom is 0.331 e. The van der Waals surface area contributed by atoms with Crippen molar-refractivity contribution in [2.24, 2.45) is 22.9 Å². The molecule has 29 heavy (non-hydrogen) atoms. The van der Waals surface area contributed by atoms with Crippen LogP contribution in [-0.4, -0.2) is 40.9 Å². The van der Waals surface area contributed by atoms with Crippen LogP contribution in [0.3, 0.4) is 0 Å². The van der Waals surface area contributed by atoms with E-state index < -0.39 is 29.7 Å². The highest BCUT2D eigenvalue weighted by Gasteiger charge is 2.50. The largest absolute Gasteiger partial charge is 0.331 e. The number of barbiturate groups is 1. The first-order valence-corrected chi connectivity index (χ1v) is 10.1. The van der Waals surface area contributed by atoms with Crippen LogP contribution in [0.4, 0.5) is 4.79 Å². The van der Waals surface area contributed by atoms with Crippen LogP contribution in [0.5, 0.6) is 0 Å². The molecule has 1 heterocycles. The standard InChI is InChI=1S/C19H18Cl2N4O4/c20-11-3-4-12(14(21)7-11)17(27)24-22-8-13-16(26)23-19(29)25(18(13)28)15-6-9-1-2-10(15)5-9/h3-4,7-10,13,15H,1-2,5-6H2,(H,24,27)(H,23,26,29)/b22-8-/t9-,10-,13-,15-/m0/s1. The van der Waals surface area contributed by atoms with Gasteiger partial charge in [0, 0.05) is 17.3 Å². The topological polar surface area (TPSA) is 108 Å². The molecule has 0 aromatic heterocycles. The number of carbonyl (C=O) groups excluding carboxylic acids is 4. The number of hydrogen-bond acceptors (Lipinski definition) is 5. The number of nitrogens with one attached hydrogen (secondary N) is 2. The van der Waals surface area contributed by atoms with Crippen molar-refractivity contribution in [1.82, 2.24) is 15.6 Å². The Hall–Kier alpha value is -2.45. The first-order chi connectivity index (χ1) is 13.8. The number of rotatable bonds is 4. The first-order valence-electron chi connectivity index (χ1n) is 9.31. The lowest BCUT2D eigenvalue weighted by Gasteiger charge is -2.36. The van der Waals surface area contributed by atoms with E-state index in [2.05, 4.69) is 15.8 Å². The van der Waals surface area contributed by atoms with Gasteiger partial charge in [0.15, 0.2) is 5.92 Å².